The molecule has 2 heterocycles. The highest BCUT2D eigenvalue weighted by Gasteiger charge is 2.33. The zero-order valence-electron chi connectivity index (χ0n) is 23.1. The Bertz CT molecular complexity index is 1970. The second kappa shape index (κ2) is 11.7. The number of benzene rings is 4. The summed E-state index contributed by atoms with van der Waals surface area (Å²) in [6.45, 7) is 1.04. The molecule has 4 nitrogen and oxygen atoms in total. The highest BCUT2D eigenvalue weighted by molar-refractivity contribution is 7.89. The molecule has 0 saturated carbocycles. The molecule has 1 aliphatic heterocycles. The summed E-state index contributed by atoms with van der Waals surface area (Å²) in [4.78, 5) is 4.50. The fourth-order valence-electron chi connectivity index (χ4n) is 5.49. The van der Waals surface area contributed by atoms with E-state index in [1.165, 1.54) is 16.6 Å². The van der Waals surface area contributed by atoms with Crippen LogP contribution in [-0.4, -0.2) is 30.8 Å². The van der Waals surface area contributed by atoms with E-state index in [-0.39, 0.29) is 10.4 Å². The highest BCUT2D eigenvalue weighted by Crippen LogP contribution is 2.39. The lowest BCUT2D eigenvalue weighted by atomic mass is 9.91. The molecule has 0 atom stereocenters. The second-order valence-corrected chi connectivity index (χ2v) is 12.4. The molecule has 1 aromatic heterocycles. The predicted octanol–water partition coefficient (Wildman–Crippen LogP) is 7.70. The van der Waals surface area contributed by atoms with Gasteiger partial charge in [-0.25, -0.2) is 8.42 Å². The number of hydrogen-bond donors (Lipinski definition) is 0. The standard InChI is InChI=1S/C35H27F3N2O2S/c36-35(37,38)32-16-8-15-31-33(29(24-39-34(31)32)22-25-9-2-1-3-10-25)28-13-6-11-26(21-28)17-18-27-12-7-14-30(23-27)43(41,42)40-19-4-5-20-40/h1-3,6-16,21,23-24H,4-5,19-20,22H2. The second-order valence-electron chi connectivity index (χ2n) is 10.5. The van der Waals surface area contributed by atoms with Crippen LogP contribution in [0.4, 0.5) is 13.2 Å². The molecule has 216 valence electrons. The fraction of sp³-hybridized carbons (Fsp3) is 0.171. The first-order valence-electron chi connectivity index (χ1n) is 13.9. The number of halogens is 3. The predicted molar refractivity (Wildman–Crippen MR) is 162 cm³/mol. The Morgan fingerprint density at radius 2 is 1.47 bits per heavy atom. The van der Waals surface area contributed by atoms with Crippen LogP contribution in [0, 0.1) is 11.8 Å². The molecule has 1 aliphatic rings. The monoisotopic (exact) mass is 596 g/mol. The van der Waals surface area contributed by atoms with Gasteiger partial charge in [-0.3, -0.25) is 4.98 Å². The van der Waals surface area contributed by atoms with Crippen molar-refractivity contribution in [2.75, 3.05) is 13.1 Å². The molecule has 0 radical (unpaired) electrons. The van der Waals surface area contributed by atoms with Gasteiger partial charge in [0.2, 0.25) is 10.0 Å². The van der Waals surface area contributed by atoms with Crippen molar-refractivity contribution in [2.45, 2.75) is 30.3 Å². The van der Waals surface area contributed by atoms with E-state index in [9.17, 15) is 21.6 Å². The first-order chi connectivity index (χ1) is 20.7. The van der Waals surface area contributed by atoms with Crippen LogP contribution in [0.2, 0.25) is 0 Å². The number of sulfonamides is 1. The lowest BCUT2D eigenvalue weighted by Crippen LogP contribution is -2.27. The molecule has 4 aromatic carbocycles. The van der Waals surface area contributed by atoms with Gasteiger partial charge in [-0.05, 0) is 77.9 Å². The molecular formula is C35H27F3N2O2S. The summed E-state index contributed by atoms with van der Waals surface area (Å²) in [5, 5.41) is 0.410. The number of fused-ring (bicyclic) bond motifs is 1. The van der Waals surface area contributed by atoms with Gasteiger partial charge in [0.15, 0.2) is 0 Å². The maximum atomic E-state index is 13.9. The van der Waals surface area contributed by atoms with Crippen molar-refractivity contribution in [2.24, 2.45) is 0 Å². The van der Waals surface area contributed by atoms with E-state index in [0.717, 1.165) is 35.6 Å². The van der Waals surface area contributed by atoms with Crippen molar-refractivity contribution in [3.8, 4) is 23.0 Å². The molecular weight excluding hydrogens is 569 g/mol. The molecule has 0 N–H and O–H groups in total. The minimum atomic E-state index is -4.55. The van der Waals surface area contributed by atoms with Gasteiger partial charge in [-0.2, -0.15) is 17.5 Å². The van der Waals surface area contributed by atoms with Crippen LogP contribution in [0.15, 0.2) is 108 Å². The average Bonchev–Trinajstić information content (AvgIpc) is 3.56. The van der Waals surface area contributed by atoms with Crippen molar-refractivity contribution < 1.29 is 21.6 Å². The Kier molecular flexibility index (Phi) is 7.78. The summed E-state index contributed by atoms with van der Waals surface area (Å²) < 4.78 is 69.3. The first kappa shape index (κ1) is 28.7. The van der Waals surface area contributed by atoms with Crippen LogP contribution in [-0.2, 0) is 22.6 Å². The van der Waals surface area contributed by atoms with Crippen LogP contribution in [0.5, 0.6) is 0 Å². The molecule has 5 aromatic rings. The lowest BCUT2D eigenvalue weighted by Gasteiger charge is -2.16. The van der Waals surface area contributed by atoms with Gasteiger partial charge >= 0.3 is 6.18 Å². The normalized spacial score (nSPS) is 14.0. The summed E-state index contributed by atoms with van der Waals surface area (Å²) in [5.74, 6) is 6.19. The highest BCUT2D eigenvalue weighted by atomic mass is 32.2. The van der Waals surface area contributed by atoms with Gasteiger partial charge in [-0.1, -0.05) is 72.5 Å². The molecule has 1 fully saturated rings. The molecule has 8 heteroatoms. The Balaban J connectivity index is 1.42. The van der Waals surface area contributed by atoms with Crippen molar-refractivity contribution in [1.29, 1.82) is 0 Å². The number of alkyl halides is 3. The Morgan fingerprint density at radius 1 is 0.791 bits per heavy atom. The smallest absolute Gasteiger partial charge is 0.255 e. The number of hydrogen-bond acceptors (Lipinski definition) is 3. The summed E-state index contributed by atoms with van der Waals surface area (Å²) in [6, 6.07) is 27.8. The average molecular weight is 597 g/mol. The van der Waals surface area contributed by atoms with Crippen LogP contribution in [0.3, 0.4) is 0 Å². The van der Waals surface area contributed by atoms with E-state index < -0.39 is 21.8 Å². The molecule has 43 heavy (non-hydrogen) atoms. The van der Waals surface area contributed by atoms with Gasteiger partial charge in [0.05, 0.1) is 16.0 Å². The number of rotatable bonds is 5. The van der Waals surface area contributed by atoms with Crippen molar-refractivity contribution >= 4 is 20.9 Å². The molecule has 0 unspecified atom stereocenters. The first-order valence-corrected chi connectivity index (χ1v) is 15.4. The van der Waals surface area contributed by atoms with Gasteiger partial charge in [0.25, 0.3) is 0 Å². The summed E-state index contributed by atoms with van der Waals surface area (Å²) >= 11 is 0. The molecule has 0 amide bonds. The molecule has 0 aliphatic carbocycles. The van der Waals surface area contributed by atoms with Crippen molar-refractivity contribution in [3.05, 3.63) is 131 Å². The van der Waals surface area contributed by atoms with E-state index >= 15 is 0 Å². The number of para-hydroxylation sites is 1. The third-order valence-electron chi connectivity index (χ3n) is 7.56. The van der Waals surface area contributed by atoms with Crippen molar-refractivity contribution in [1.82, 2.24) is 9.29 Å². The van der Waals surface area contributed by atoms with Crippen LogP contribution < -0.4 is 0 Å². The Hall–Kier alpha value is -4.45. The number of aromatic nitrogens is 1. The van der Waals surface area contributed by atoms with Gasteiger partial charge in [-0.15, -0.1) is 0 Å². The molecule has 0 bridgehead atoms. The topological polar surface area (TPSA) is 50.3 Å². The zero-order chi connectivity index (χ0) is 30.0. The van der Waals surface area contributed by atoms with E-state index in [0.29, 0.717) is 41.6 Å². The lowest BCUT2D eigenvalue weighted by molar-refractivity contribution is -0.136. The zero-order valence-corrected chi connectivity index (χ0v) is 23.9. The quantitative estimate of drug-likeness (QED) is 0.196. The van der Waals surface area contributed by atoms with Crippen LogP contribution >= 0.6 is 0 Å². The number of pyridine rings is 1. The third-order valence-corrected chi connectivity index (χ3v) is 9.45. The molecule has 1 saturated heterocycles. The van der Waals surface area contributed by atoms with Gasteiger partial charge < -0.3 is 0 Å². The fourth-order valence-corrected chi connectivity index (χ4v) is 7.06. The minimum absolute atomic E-state index is 0.102. The Morgan fingerprint density at radius 3 is 2.19 bits per heavy atom. The maximum absolute atomic E-state index is 13.9. The minimum Gasteiger partial charge on any atom is -0.255 e. The third kappa shape index (κ3) is 6.05. The summed E-state index contributed by atoms with van der Waals surface area (Å²) in [5.41, 5.74) is 3.51. The SMILES string of the molecule is O=S(=O)(c1cccc(C#Cc2cccc(-c3c(Cc4ccccc4)cnc4c(C(F)(F)F)cccc34)c2)c1)N1CCCC1. The summed E-state index contributed by atoms with van der Waals surface area (Å²) in [7, 11) is -3.57. The van der Waals surface area contributed by atoms with E-state index in [1.54, 1.807) is 30.3 Å². The van der Waals surface area contributed by atoms with Gasteiger partial charge in [0, 0.05) is 35.8 Å². The maximum Gasteiger partial charge on any atom is 0.418 e. The van der Waals surface area contributed by atoms with Crippen LogP contribution in [0.1, 0.15) is 40.7 Å². The summed E-state index contributed by atoms with van der Waals surface area (Å²) in [6.07, 6.45) is -0.818. The molecule has 6 rings (SSSR count). The Labute approximate surface area is 248 Å². The van der Waals surface area contributed by atoms with Gasteiger partial charge in [0.1, 0.15) is 0 Å². The largest absolute Gasteiger partial charge is 0.418 e. The van der Waals surface area contributed by atoms with E-state index in [2.05, 4.69) is 16.8 Å². The number of nitrogens with zero attached hydrogens (tertiary/aromatic N) is 2. The van der Waals surface area contributed by atoms with Crippen molar-refractivity contribution in [3.63, 3.8) is 0 Å². The van der Waals surface area contributed by atoms with E-state index in [1.807, 2.05) is 54.6 Å². The van der Waals surface area contributed by atoms with E-state index in [4.69, 9.17) is 0 Å². The van der Waals surface area contributed by atoms with Crippen LogP contribution in [0.25, 0.3) is 22.0 Å². The molecule has 0 spiro atoms.